The summed E-state index contributed by atoms with van der Waals surface area (Å²) in [4.78, 5) is 18.4. The summed E-state index contributed by atoms with van der Waals surface area (Å²) < 4.78 is 23.3. The number of carbonyl (C=O) groups is 1. The minimum absolute atomic E-state index is 0.143. The van der Waals surface area contributed by atoms with Gasteiger partial charge in [0.05, 0.1) is 18.5 Å². The Morgan fingerprint density at radius 2 is 1.86 bits per heavy atom. The third kappa shape index (κ3) is 5.82. The first-order valence-electron chi connectivity index (χ1n) is 9.30. The molecule has 1 aromatic heterocycles. The van der Waals surface area contributed by atoms with E-state index < -0.39 is 0 Å². The Kier molecular flexibility index (Phi) is 7.02. The number of urea groups is 1. The summed E-state index contributed by atoms with van der Waals surface area (Å²) >= 11 is 0. The van der Waals surface area contributed by atoms with Crippen LogP contribution in [-0.2, 0) is 4.74 Å². The number of rotatable bonds is 7. The SMILES string of the molecule is COCCOc1ccc(NC(=O)N2CCC(Nc3ccc(F)cc3)CC2)cn1. The number of aromatic nitrogens is 1. The van der Waals surface area contributed by atoms with Crippen LogP contribution in [0.5, 0.6) is 5.88 Å². The van der Waals surface area contributed by atoms with E-state index in [1.54, 1.807) is 42.5 Å². The predicted molar refractivity (Wildman–Crippen MR) is 105 cm³/mol. The first-order chi connectivity index (χ1) is 13.6. The third-order valence-corrected chi connectivity index (χ3v) is 4.52. The van der Waals surface area contributed by atoms with Crippen molar-refractivity contribution in [2.75, 3.05) is 44.0 Å². The molecule has 8 heteroatoms. The highest BCUT2D eigenvalue weighted by atomic mass is 19.1. The predicted octanol–water partition coefficient (Wildman–Crippen LogP) is 3.35. The van der Waals surface area contributed by atoms with Gasteiger partial charge in [-0.05, 0) is 43.2 Å². The standard InChI is InChI=1S/C20H25FN4O3/c1-27-12-13-28-19-7-6-18(14-22-19)24-20(26)25-10-8-17(9-11-25)23-16-4-2-15(21)3-5-16/h2-7,14,17,23H,8-13H2,1H3,(H,24,26). The second-order valence-electron chi connectivity index (χ2n) is 6.57. The smallest absolute Gasteiger partial charge is 0.321 e. The van der Waals surface area contributed by atoms with Crippen LogP contribution in [0.1, 0.15) is 12.8 Å². The van der Waals surface area contributed by atoms with Gasteiger partial charge in [-0.3, -0.25) is 0 Å². The molecule has 0 saturated carbocycles. The van der Waals surface area contributed by atoms with E-state index in [9.17, 15) is 9.18 Å². The summed E-state index contributed by atoms with van der Waals surface area (Å²) in [5, 5.41) is 6.25. The maximum Gasteiger partial charge on any atom is 0.321 e. The van der Waals surface area contributed by atoms with E-state index >= 15 is 0 Å². The van der Waals surface area contributed by atoms with E-state index in [1.165, 1.54) is 12.1 Å². The van der Waals surface area contributed by atoms with Gasteiger partial charge in [0.1, 0.15) is 12.4 Å². The lowest BCUT2D eigenvalue weighted by Crippen LogP contribution is -2.44. The van der Waals surface area contributed by atoms with Crippen molar-refractivity contribution in [2.45, 2.75) is 18.9 Å². The van der Waals surface area contributed by atoms with Crippen LogP contribution in [0.2, 0.25) is 0 Å². The van der Waals surface area contributed by atoms with Gasteiger partial charge in [-0.2, -0.15) is 0 Å². The molecule has 0 atom stereocenters. The molecular weight excluding hydrogens is 363 g/mol. The second-order valence-corrected chi connectivity index (χ2v) is 6.57. The molecule has 1 saturated heterocycles. The Balaban J connectivity index is 1.42. The fraction of sp³-hybridized carbons (Fsp3) is 0.400. The van der Waals surface area contributed by atoms with Gasteiger partial charge >= 0.3 is 6.03 Å². The van der Waals surface area contributed by atoms with E-state index in [0.29, 0.717) is 37.9 Å². The summed E-state index contributed by atoms with van der Waals surface area (Å²) in [7, 11) is 1.61. The molecule has 7 nitrogen and oxygen atoms in total. The summed E-state index contributed by atoms with van der Waals surface area (Å²) in [6.45, 7) is 2.22. The molecule has 2 amide bonds. The zero-order valence-electron chi connectivity index (χ0n) is 15.9. The van der Waals surface area contributed by atoms with Crippen LogP contribution in [0.25, 0.3) is 0 Å². The van der Waals surface area contributed by atoms with Crippen LogP contribution in [0.15, 0.2) is 42.6 Å². The topological polar surface area (TPSA) is 75.7 Å². The number of anilines is 2. The molecule has 3 rings (SSSR count). The molecule has 1 aliphatic rings. The van der Waals surface area contributed by atoms with Crippen molar-refractivity contribution in [3.63, 3.8) is 0 Å². The quantitative estimate of drug-likeness (QED) is 0.712. The molecule has 1 fully saturated rings. The summed E-state index contributed by atoms with van der Waals surface area (Å²) in [6.07, 6.45) is 3.23. The number of nitrogens with zero attached hydrogens (tertiary/aromatic N) is 2. The van der Waals surface area contributed by atoms with Crippen molar-refractivity contribution in [3.05, 3.63) is 48.4 Å². The second kappa shape index (κ2) is 9.89. The number of piperidine rings is 1. The Morgan fingerprint density at radius 3 is 2.50 bits per heavy atom. The number of benzene rings is 1. The van der Waals surface area contributed by atoms with Gasteiger partial charge in [-0.1, -0.05) is 0 Å². The zero-order valence-corrected chi connectivity index (χ0v) is 15.9. The highest BCUT2D eigenvalue weighted by Crippen LogP contribution is 2.18. The molecule has 0 radical (unpaired) electrons. The maximum atomic E-state index is 13.0. The minimum atomic E-state index is -0.249. The van der Waals surface area contributed by atoms with Crippen molar-refractivity contribution in [1.29, 1.82) is 0 Å². The summed E-state index contributed by atoms with van der Waals surface area (Å²) in [6, 6.07) is 9.92. The minimum Gasteiger partial charge on any atom is -0.475 e. The number of halogens is 1. The van der Waals surface area contributed by atoms with Gasteiger partial charge in [-0.15, -0.1) is 0 Å². The van der Waals surface area contributed by atoms with Gasteiger partial charge in [0.25, 0.3) is 0 Å². The fourth-order valence-corrected chi connectivity index (χ4v) is 2.98. The first kappa shape index (κ1) is 19.9. The van der Waals surface area contributed by atoms with E-state index in [2.05, 4.69) is 15.6 Å². The molecule has 0 bridgehead atoms. The highest BCUT2D eigenvalue weighted by Gasteiger charge is 2.22. The van der Waals surface area contributed by atoms with Crippen molar-refractivity contribution < 1.29 is 18.7 Å². The van der Waals surface area contributed by atoms with Crippen LogP contribution in [-0.4, -0.2) is 55.4 Å². The number of ether oxygens (including phenoxy) is 2. The average molecular weight is 388 g/mol. The lowest BCUT2D eigenvalue weighted by Gasteiger charge is -2.32. The number of pyridine rings is 1. The molecule has 0 unspecified atom stereocenters. The summed E-state index contributed by atoms with van der Waals surface area (Å²) in [5.74, 6) is 0.240. The van der Waals surface area contributed by atoms with Crippen LogP contribution >= 0.6 is 0 Å². The average Bonchev–Trinajstić information content (AvgIpc) is 2.72. The Morgan fingerprint density at radius 1 is 1.14 bits per heavy atom. The molecule has 2 heterocycles. The van der Waals surface area contributed by atoms with Crippen LogP contribution in [0.4, 0.5) is 20.6 Å². The van der Waals surface area contributed by atoms with Crippen molar-refractivity contribution in [3.8, 4) is 5.88 Å². The van der Waals surface area contributed by atoms with Crippen LogP contribution in [0, 0.1) is 5.82 Å². The molecule has 0 spiro atoms. The van der Waals surface area contributed by atoms with Gasteiger partial charge in [0.15, 0.2) is 0 Å². The third-order valence-electron chi connectivity index (χ3n) is 4.52. The Labute approximate surface area is 163 Å². The van der Waals surface area contributed by atoms with Crippen LogP contribution < -0.4 is 15.4 Å². The maximum absolute atomic E-state index is 13.0. The Bertz CT molecular complexity index is 747. The number of hydrogen-bond donors (Lipinski definition) is 2. The number of nitrogens with one attached hydrogen (secondary N) is 2. The zero-order chi connectivity index (χ0) is 19.8. The first-order valence-corrected chi connectivity index (χ1v) is 9.30. The van der Waals surface area contributed by atoms with Crippen molar-refractivity contribution in [1.82, 2.24) is 9.88 Å². The van der Waals surface area contributed by atoms with E-state index in [4.69, 9.17) is 9.47 Å². The molecule has 0 aliphatic carbocycles. The lowest BCUT2D eigenvalue weighted by molar-refractivity contribution is 0.144. The Hall–Kier alpha value is -2.87. The molecule has 1 aromatic carbocycles. The van der Waals surface area contributed by atoms with Crippen molar-refractivity contribution in [2.24, 2.45) is 0 Å². The lowest BCUT2D eigenvalue weighted by atomic mass is 10.0. The normalized spacial score (nSPS) is 14.6. The number of amides is 2. The van der Waals surface area contributed by atoms with Gasteiger partial charge in [0.2, 0.25) is 5.88 Å². The number of likely N-dealkylation sites (tertiary alicyclic amines) is 1. The van der Waals surface area contributed by atoms with E-state index in [1.807, 2.05) is 0 Å². The van der Waals surface area contributed by atoms with Gasteiger partial charge in [0, 0.05) is 38.0 Å². The largest absolute Gasteiger partial charge is 0.475 e. The molecule has 150 valence electrons. The van der Waals surface area contributed by atoms with Gasteiger partial charge < -0.3 is 25.0 Å². The molecule has 2 N–H and O–H groups in total. The molecule has 1 aliphatic heterocycles. The number of methoxy groups -OCH3 is 1. The molecular formula is C20H25FN4O3. The van der Waals surface area contributed by atoms with Crippen LogP contribution in [0.3, 0.4) is 0 Å². The van der Waals surface area contributed by atoms with E-state index in [-0.39, 0.29) is 17.9 Å². The number of hydrogen-bond acceptors (Lipinski definition) is 5. The molecule has 2 aromatic rings. The molecule has 28 heavy (non-hydrogen) atoms. The highest BCUT2D eigenvalue weighted by molar-refractivity contribution is 5.89. The van der Waals surface area contributed by atoms with E-state index in [0.717, 1.165) is 18.5 Å². The van der Waals surface area contributed by atoms with Crippen molar-refractivity contribution >= 4 is 17.4 Å². The van der Waals surface area contributed by atoms with Gasteiger partial charge in [-0.25, -0.2) is 14.2 Å². The summed E-state index contributed by atoms with van der Waals surface area (Å²) in [5.41, 5.74) is 1.51. The monoisotopic (exact) mass is 388 g/mol. The number of carbonyl (C=O) groups excluding carboxylic acids is 1. The fourth-order valence-electron chi connectivity index (χ4n) is 2.98.